The van der Waals surface area contributed by atoms with Gasteiger partial charge in [-0.2, -0.15) is 5.10 Å². The highest BCUT2D eigenvalue weighted by atomic mass is 32.2. The second-order valence-electron chi connectivity index (χ2n) is 7.67. The molecule has 0 unspecified atom stereocenters. The van der Waals surface area contributed by atoms with Crippen molar-refractivity contribution in [3.63, 3.8) is 0 Å². The molecule has 0 saturated carbocycles. The minimum Gasteiger partial charge on any atom is -0.497 e. The van der Waals surface area contributed by atoms with Crippen molar-refractivity contribution in [1.29, 1.82) is 0 Å². The van der Waals surface area contributed by atoms with Gasteiger partial charge < -0.3 is 4.74 Å². The van der Waals surface area contributed by atoms with Gasteiger partial charge in [-0.3, -0.25) is 9.10 Å². The Morgan fingerprint density at radius 3 is 2.06 bits per heavy atom. The summed E-state index contributed by atoms with van der Waals surface area (Å²) in [5.41, 5.74) is 6.85. The van der Waals surface area contributed by atoms with Crippen LogP contribution in [-0.4, -0.2) is 33.4 Å². The molecule has 0 atom stereocenters. The predicted octanol–water partition coefficient (Wildman–Crippen LogP) is 4.12. The maximum absolute atomic E-state index is 12.5. The molecule has 33 heavy (non-hydrogen) atoms. The molecule has 3 aromatic carbocycles. The second kappa shape index (κ2) is 10.3. The van der Waals surface area contributed by atoms with Crippen LogP contribution < -0.4 is 14.5 Å². The minimum absolute atomic E-state index is 0.204. The van der Waals surface area contributed by atoms with Gasteiger partial charge in [0.25, 0.3) is 5.91 Å². The van der Waals surface area contributed by atoms with Crippen LogP contribution in [0.15, 0.2) is 77.9 Å². The Labute approximate surface area is 194 Å². The Balaban J connectivity index is 1.72. The van der Waals surface area contributed by atoms with Gasteiger partial charge in [0.1, 0.15) is 5.75 Å². The van der Waals surface area contributed by atoms with Crippen molar-refractivity contribution < 1.29 is 17.9 Å². The van der Waals surface area contributed by atoms with E-state index in [2.05, 4.69) is 10.5 Å². The molecule has 0 heterocycles. The predicted molar refractivity (Wildman–Crippen MR) is 131 cm³/mol. The van der Waals surface area contributed by atoms with Crippen LogP contribution in [0.1, 0.15) is 34.0 Å². The van der Waals surface area contributed by atoms with E-state index in [9.17, 15) is 13.2 Å². The quantitative estimate of drug-likeness (QED) is 0.400. The van der Waals surface area contributed by atoms with Crippen LogP contribution in [0.2, 0.25) is 0 Å². The maximum atomic E-state index is 12.5. The van der Waals surface area contributed by atoms with E-state index < -0.39 is 10.0 Å². The third-order valence-electron chi connectivity index (χ3n) is 5.10. The molecule has 0 aliphatic heterocycles. The maximum Gasteiger partial charge on any atom is 0.271 e. The summed E-state index contributed by atoms with van der Waals surface area (Å²) in [5.74, 6) is 0.347. The van der Waals surface area contributed by atoms with Gasteiger partial charge in [-0.15, -0.1) is 0 Å². The monoisotopic (exact) mass is 465 g/mol. The van der Waals surface area contributed by atoms with Crippen LogP contribution in [-0.2, 0) is 16.6 Å². The number of hydrogen-bond donors (Lipinski definition) is 1. The van der Waals surface area contributed by atoms with E-state index in [1.54, 1.807) is 38.3 Å². The van der Waals surface area contributed by atoms with E-state index in [0.717, 1.165) is 22.4 Å². The van der Waals surface area contributed by atoms with Crippen LogP contribution >= 0.6 is 0 Å². The van der Waals surface area contributed by atoms with Gasteiger partial charge >= 0.3 is 0 Å². The molecule has 0 radical (unpaired) electrons. The highest BCUT2D eigenvalue weighted by molar-refractivity contribution is 7.92. The summed E-state index contributed by atoms with van der Waals surface area (Å²) in [6.07, 6.45) is 1.17. The molecule has 3 aromatic rings. The fourth-order valence-electron chi connectivity index (χ4n) is 3.13. The summed E-state index contributed by atoms with van der Waals surface area (Å²) in [4.78, 5) is 12.5. The average Bonchev–Trinajstić information content (AvgIpc) is 2.81. The Bertz CT molecular complexity index is 1230. The first-order valence-electron chi connectivity index (χ1n) is 10.3. The number of ether oxygens (including phenoxy) is 1. The number of sulfonamides is 1. The molecule has 0 fully saturated rings. The molecule has 7 nitrogen and oxygen atoms in total. The Morgan fingerprint density at radius 2 is 1.52 bits per heavy atom. The smallest absolute Gasteiger partial charge is 0.271 e. The molecule has 0 aromatic heterocycles. The number of carbonyl (C=O) groups excluding carboxylic acids is 1. The van der Waals surface area contributed by atoms with Gasteiger partial charge in [-0.1, -0.05) is 29.8 Å². The van der Waals surface area contributed by atoms with Crippen LogP contribution in [0.4, 0.5) is 5.69 Å². The fourth-order valence-corrected chi connectivity index (χ4v) is 4.02. The molecule has 1 N–H and O–H groups in total. The molecule has 1 amide bonds. The molecular formula is C25H27N3O4S. The van der Waals surface area contributed by atoms with Crippen molar-refractivity contribution in [2.75, 3.05) is 17.7 Å². The van der Waals surface area contributed by atoms with Crippen molar-refractivity contribution in [3.05, 3.63) is 95.1 Å². The number of methoxy groups -OCH3 is 1. The summed E-state index contributed by atoms with van der Waals surface area (Å²) < 4.78 is 31.2. The molecule has 3 rings (SSSR count). The molecule has 8 heteroatoms. The SMILES string of the molecule is COc1ccc(/C(C)=N\NC(=O)c2ccc(N(Cc3ccc(C)cc3)S(C)(=O)=O)cc2)cc1. The topological polar surface area (TPSA) is 88.1 Å². The van der Waals surface area contributed by atoms with Crippen molar-refractivity contribution in [3.8, 4) is 5.75 Å². The number of aryl methyl sites for hydroxylation is 1. The Morgan fingerprint density at radius 1 is 0.939 bits per heavy atom. The zero-order chi connectivity index (χ0) is 24.0. The van der Waals surface area contributed by atoms with Gasteiger partial charge in [-0.05, 0) is 73.5 Å². The third kappa shape index (κ3) is 6.43. The molecule has 0 spiro atoms. The first-order valence-corrected chi connectivity index (χ1v) is 12.1. The van der Waals surface area contributed by atoms with Gasteiger partial charge in [0, 0.05) is 5.56 Å². The summed E-state index contributed by atoms with van der Waals surface area (Å²) in [6, 6.07) is 21.4. The van der Waals surface area contributed by atoms with Crippen LogP contribution in [0, 0.1) is 6.92 Å². The van der Waals surface area contributed by atoms with Gasteiger partial charge in [0.05, 0.1) is 31.3 Å². The summed E-state index contributed by atoms with van der Waals surface area (Å²) in [5, 5.41) is 4.16. The van der Waals surface area contributed by atoms with Crippen molar-refractivity contribution >= 4 is 27.3 Å². The number of anilines is 1. The highest BCUT2D eigenvalue weighted by Gasteiger charge is 2.18. The third-order valence-corrected chi connectivity index (χ3v) is 6.24. The zero-order valence-electron chi connectivity index (χ0n) is 19.1. The van der Waals surface area contributed by atoms with Crippen LogP contribution in [0.25, 0.3) is 0 Å². The van der Waals surface area contributed by atoms with Gasteiger partial charge in [0.2, 0.25) is 10.0 Å². The van der Waals surface area contributed by atoms with Crippen LogP contribution in [0.3, 0.4) is 0 Å². The number of benzene rings is 3. The van der Waals surface area contributed by atoms with Gasteiger partial charge in [0.15, 0.2) is 0 Å². The number of hydrazone groups is 1. The van der Waals surface area contributed by atoms with Crippen molar-refractivity contribution in [1.82, 2.24) is 5.43 Å². The molecule has 0 aliphatic carbocycles. The fraction of sp³-hybridized carbons (Fsp3) is 0.200. The first kappa shape index (κ1) is 24.0. The van der Waals surface area contributed by atoms with Crippen molar-refractivity contribution in [2.45, 2.75) is 20.4 Å². The molecular weight excluding hydrogens is 438 g/mol. The largest absolute Gasteiger partial charge is 0.497 e. The van der Waals surface area contributed by atoms with Gasteiger partial charge in [-0.25, -0.2) is 13.8 Å². The van der Waals surface area contributed by atoms with E-state index in [4.69, 9.17) is 4.74 Å². The van der Waals surface area contributed by atoms with E-state index in [1.165, 1.54) is 10.6 Å². The lowest BCUT2D eigenvalue weighted by Gasteiger charge is -2.22. The molecule has 0 aliphatic rings. The first-order chi connectivity index (χ1) is 15.7. The lowest BCUT2D eigenvalue weighted by atomic mass is 10.1. The zero-order valence-corrected chi connectivity index (χ0v) is 19.9. The lowest BCUT2D eigenvalue weighted by Crippen LogP contribution is -2.29. The Hall–Kier alpha value is -3.65. The average molecular weight is 466 g/mol. The number of rotatable bonds is 8. The minimum atomic E-state index is -3.51. The number of nitrogens with zero attached hydrogens (tertiary/aromatic N) is 2. The van der Waals surface area contributed by atoms with E-state index in [-0.39, 0.29) is 12.5 Å². The van der Waals surface area contributed by atoms with E-state index in [0.29, 0.717) is 17.0 Å². The van der Waals surface area contributed by atoms with E-state index >= 15 is 0 Å². The number of hydrogen-bond acceptors (Lipinski definition) is 5. The normalized spacial score (nSPS) is 11.7. The number of carbonyl (C=O) groups is 1. The standard InChI is InChI=1S/C25H27N3O4S/c1-18-5-7-20(8-6-18)17-28(33(4,30)31)23-13-9-22(10-14-23)25(29)27-26-19(2)21-11-15-24(32-3)16-12-21/h5-16H,17H2,1-4H3,(H,27,29)/b26-19-. The van der Waals surface area contributed by atoms with Crippen molar-refractivity contribution in [2.24, 2.45) is 5.10 Å². The van der Waals surface area contributed by atoms with E-state index in [1.807, 2.05) is 55.5 Å². The number of amides is 1. The molecule has 172 valence electrons. The van der Waals surface area contributed by atoms with Crippen LogP contribution in [0.5, 0.6) is 5.75 Å². The summed E-state index contributed by atoms with van der Waals surface area (Å²) in [6.45, 7) is 3.97. The Kier molecular flexibility index (Phi) is 7.50. The summed E-state index contributed by atoms with van der Waals surface area (Å²) >= 11 is 0. The molecule has 0 bridgehead atoms. The second-order valence-corrected chi connectivity index (χ2v) is 9.58. The number of nitrogens with one attached hydrogen (secondary N) is 1. The lowest BCUT2D eigenvalue weighted by molar-refractivity contribution is 0.0955. The molecule has 0 saturated heterocycles. The highest BCUT2D eigenvalue weighted by Crippen LogP contribution is 2.21. The summed E-state index contributed by atoms with van der Waals surface area (Å²) in [7, 11) is -1.92.